The summed E-state index contributed by atoms with van der Waals surface area (Å²) in [5, 5.41) is 8.44. The van der Waals surface area contributed by atoms with E-state index >= 15 is 0 Å². The van der Waals surface area contributed by atoms with Crippen molar-refractivity contribution in [3.63, 3.8) is 0 Å². The van der Waals surface area contributed by atoms with E-state index in [1.807, 2.05) is 31.2 Å². The summed E-state index contributed by atoms with van der Waals surface area (Å²) in [5.41, 5.74) is 8.47. The van der Waals surface area contributed by atoms with Crippen molar-refractivity contribution in [2.24, 2.45) is 10.2 Å². The third-order valence-electron chi connectivity index (χ3n) is 2.18. The van der Waals surface area contributed by atoms with Gasteiger partial charge in [0.05, 0.1) is 15.9 Å². The summed E-state index contributed by atoms with van der Waals surface area (Å²) < 4.78 is 1.07. The van der Waals surface area contributed by atoms with Crippen LogP contribution in [-0.2, 0) is 0 Å². The van der Waals surface area contributed by atoms with Gasteiger partial charge in [-0.25, -0.2) is 4.98 Å². The number of anilines is 1. The molecule has 0 saturated carbocycles. The first-order chi connectivity index (χ1) is 7.74. The number of nitrogens with zero attached hydrogens (tertiary/aromatic N) is 3. The predicted molar refractivity (Wildman–Crippen MR) is 68.5 cm³/mol. The molecule has 0 unspecified atom stereocenters. The number of hydrogen-bond acceptors (Lipinski definition) is 5. The fourth-order valence-corrected chi connectivity index (χ4v) is 2.27. The van der Waals surface area contributed by atoms with Crippen LogP contribution in [0.2, 0.25) is 0 Å². The zero-order valence-corrected chi connectivity index (χ0v) is 9.95. The van der Waals surface area contributed by atoms with Crippen LogP contribution in [0, 0.1) is 0 Å². The number of benzene rings is 1. The van der Waals surface area contributed by atoms with Crippen molar-refractivity contribution < 1.29 is 0 Å². The van der Waals surface area contributed by atoms with Crippen LogP contribution in [0.3, 0.4) is 0 Å². The number of hydrogen-bond donors (Lipinski definition) is 1. The average molecular weight is 232 g/mol. The number of rotatable bonds is 2. The van der Waals surface area contributed by atoms with Crippen LogP contribution in [-0.4, -0.2) is 12.0 Å². The lowest BCUT2D eigenvalue weighted by Gasteiger charge is -1.99. The molecular formula is C11H12N4S. The lowest BCUT2D eigenvalue weighted by atomic mass is 10.1. The highest BCUT2D eigenvalue weighted by Crippen LogP contribution is 2.27. The van der Waals surface area contributed by atoms with Gasteiger partial charge in [0, 0.05) is 12.6 Å². The minimum absolute atomic E-state index is 0.589. The van der Waals surface area contributed by atoms with Crippen molar-refractivity contribution >= 4 is 32.4 Å². The van der Waals surface area contributed by atoms with Gasteiger partial charge in [-0.3, -0.25) is 0 Å². The van der Waals surface area contributed by atoms with Crippen molar-refractivity contribution in [2.45, 2.75) is 6.92 Å². The Balaban J connectivity index is 2.53. The van der Waals surface area contributed by atoms with Crippen molar-refractivity contribution in [1.29, 1.82) is 0 Å². The molecule has 0 spiro atoms. The number of fused-ring (bicyclic) bond motifs is 1. The first-order valence-corrected chi connectivity index (χ1v) is 5.69. The van der Waals surface area contributed by atoms with Crippen molar-refractivity contribution in [1.82, 2.24) is 4.98 Å². The number of aromatic nitrogens is 1. The standard InChI is InChI=1S/C11H12N4S/c1-3-8(15-13-2)7-4-5-9-10(6-7)16-11(12)14-9/h3-6H,1-2H3,(H2,12,14)/b8-3-,15-13?. The lowest BCUT2D eigenvalue weighted by Crippen LogP contribution is -1.81. The first kappa shape index (κ1) is 10.8. The third-order valence-corrected chi connectivity index (χ3v) is 3.03. The minimum atomic E-state index is 0.589. The SMILES string of the molecule is C/C=C(\N=NC)c1ccc2nc(N)sc2c1. The molecule has 2 N–H and O–H groups in total. The van der Waals surface area contributed by atoms with Crippen LogP contribution in [0.25, 0.3) is 15.9 Å². The van der Waals surface area contributed by atoms with E-state index in [4.69, 9.17) is 5.73 Å². The maximum Gasteiger partial charge on any atom is 0.181 e. The zero-order chi connectivity index (χ0) is 11.5. The first-order valence-electron chi connectivity index (χ1n) is 4.87. The van der Waals surface area contributed by atoms with Crippen molar-refractivity contribution in [3.05, 3.63) is 29.8 Å². The van der Waals surface area contributed by atoms with Crippen LogP contribution in [0.15, 0.2) is 34.5 Å². The molecule has 2 aromatic rings. The van der Waals surface area contributed by atoms with Gasteiger partial charge in [-0.2, -0.15) is 10.2 Å². The molecule has 1 heterocycles. The molecule has 0 radical (unpaired) electrons. The van der Waals surface area contributed by atoms with E-state index in [2.05, 4.69) is 15.2 Å². The molecule has 5 heteroatoms. The number of nitrogen functional groups attached to an aromatic ring is 1. The Morgan fingerprint density at radius 2 is 2.31 bits per heavy atom. The van der Waals surface area contributed by atoms with E-state index in [1.54, 1.807) is 7.05 Å². The largest absolute Gasteiger partial charge is 0.375 e. The average Bonchev–Trinajstić information content (AvgIpc) is 2.64. The topological polar surface area (TPSA) is 63.6 Å². The van der Waals surface area contributed by atoms with Gasteiger partial charge in [-0.1, -0.05) is 23.5 Å². The molecule has 0 aliphatic heterocycles. The van der Waals surface area contributed by atoms with Crippen LogP contribution < -0.4 is 5.73 Å². The van der Waals surface area contributed by atoms with E-state index in [9.17, 15) is 0 Å². The summed E-state index contributed by atoms with van der Waals surface area (Å²) in [6.45, 7) is 1.94. The van der Waals surface area contributed by atoms with Gasteiger partial charge in [-0.15, -0.1) is 0 Å². The Morgan fingerprint density at radius 1 is 1.50 bits per heavy atom. The van der Waals surface area contributed by atoms with E-state index in [-0.39, 0.29) is 0 Å². The van der Waals surface area contributed by atoms with Gasteiger partial charge in [0.1, 0.15) is 0 Å². The quantitative estimate of drug-likeness (QED) is 0.807. The van der Waals surface area contributed by atoms with E-state index in [1.165, 1.54) is 11.3 Å². The van der Waals surface area contributed by atoms with Gasteiger partial charge < -0.3 is 5.73 Å². The summed E-state index contributed by atoms with van der Waals surface area (Å²) in [4.78, 5) is 4.21. The molecular weight excluding hydrogens is 220 g/mol. The van der Waals surface area contributed by atoms with Crippen LogP contribution in [0.5, 0.6) is 0 Å². The van der Waals surface area contributed by atoms with Crippen molar-refractivity contribution in [2.75, 3.05) is 12.8 Å². The summed E-state index contributed by atoms with van der Waals surface area (Å²) in [5.74, 6) is 0. The monoisotopic (exact) mass is 232 g/mol. The highest BCUT2D eigenvalue weighted by atomic mass is 32.1. The molecule has 0 atom stereocenters. The van der Waals surface area contributed by atoms with E-state index < -0.39 is 0 Å². The Labute approximate surface area is 97.5 Å². The second kappa shape index (κ2) is 4.40. The van der Waals surface area contributed by atoms with Crippen LogP contribution in [0.4, 0.5) is 5.13 Å². The molecule has 0 saturated heterocycles. The molecule has 82 valence electrons. The van der Waals surface area contributed by atoms with Gasteiger partial charge in [0.2, 0.25) is 0 Å². The van der Waals surface area contributed by atoms with E-state index in [0.717, 1.165) is 21.5 Å². The molecule has 0 fully saturated rings. The third kappa shape index (κ3) is 1.94. The minimum Gasteiger partial charge on any atom is -0.375 e. The number of allylic oxidation sites excluding steroid dienone is 1. The van der Waals surface area contributed by atoms with Crippen LogP contribution >= 0.6 is 11.3 Å². The summed E-state index contributed by atoms with van der Waals surface area (Å²) >= 11 is 1.48. The second-order valence-corrected chi connectivity index (χ2v) is 4.27. The smallest absolute Gasteiger partial charge is 0.181 e. The second-order valence-electron chi connectivity index (χ2n) is 3.21. The van der Waals surface area contributed by atoms with Gasteiger partial charge in [0.15, 0.2) is 5.13 Å². The Kier molecular flexibility index (Phi) is 2.96. The van der Waals surface area contributed by atoms with E-state index in [0.29, 0.717) is 5.13 Å². The maximum absolute atomic E-state index is 5.66. The number of azo groups is 1. The summed E-state index contributed by atoms with van der Waals surface area (Å²) in [6, 6.07) is 5.96. The van der Waals surface area contributed by atoms with Gasteiger partial charge in [-0.05, 0) is 19.1 Å². The fourth-order valence-electron chi connectivity index (χ4n) is 1.49. The predicted octanol–water partition coefficient (Wildman–Crippen LogP) is 3.32. The number of thiazole rings is 1. The molecule has 16 heavy (non-hydrogen) atoms. The Morgan fingerprint density at radius 3 is 3.00 bits per heavy atom. The Bertz CT molecular complexity index is 568. The zero-order valence-electron chi connectivity index (χ0n) is 9.14. The van der Waals surface area contributed by atoms with Crippen molar-refractivity contribution in [3.8, 4) is 0 Å². The fraction of sp³-hybridized carbons (Fsp3) is 0.182. The highest BCUT2D eigenvalue weighted by molar-refractivity contribution is 7.22. The molecule has 0 aliphatic carbocycles. The molecule has 0 amide bonds. The summed E-state index contributed by atoms with van der Waals surface area (Å²) in [6.07, 6.45) is 1.93. The Hall–Kier alpha value is -1.75. The maximum atomic E-state index is 5.66. The van der Waals surface area contributed by atoms with Gasteiger partial charge >= 0.3 is 0 Å². The number of nitrogens with two attached hydrogens (primary N) is 1. The summed E-state index contributed by atoms with van der Waals surface area (Å²) in [7, 11) is 1.66. The van der Waals surface area contributed by atoms with Gasteiger partial charge in [0.25, 0.3) is 0 Å². The lowest BCUT2D eigenvalue weighted by molar-refractivity contribution is 1.17. The van der Waals surface area contributed by atoms with Crippen LogP contribution in [0.1, 0.15) is 12.5 Å². The highest BCUT2D eigenvalue weighted by Gasteiger charge is 2.04. The molecule has 0 bridgehead atoms. The molecule has 2 rings (SSSR count). The molecule has 1 aromatic carbocycles. The molecule has 4 nitrogen and oxygen atoms in total. The normalized spacial score (nSPS) is 12.8. The molecule has 1 aromatic heterocycles. The molecule has 0 aliphatic rings.